The fourth-order valence-electron chi connectivity index (χ4n) is 3.87. The molecule has 0 bridgehead atoms. The summed E-state index contributed by atoms with van der Waals surface area (Å²) in [5.74, 6) is -0.203. The summed E-state index contributed by atoms with van der Waals surface area (Å²) in [7, 11) is 0. The first-order valence-corrected chi connectivity index (χ1v) is 13.0. The lowest BCUT2D eigenvalue weighted by atomic mass is 10.1. The van der Waals surface area contributed by atoms with Gasteiger partial charge in [-0.1, -0.05) is 26.7 Å². The van der Waals surface area contributed by atoms with Gasteiger partial charge in [0.1, 0.15) is 5.82 Å². The van der Waals surface area contributed by atoms with E-state index in [4.69, 9.17) is 9.47 Å². The molecule has 0 atom stereocenters. The lowest BCUT2D eigenvalue weighted by molar-refractivity contribution is 0.0888. The minimum absolute atomic E-state index is 0.0413. The fourth-order valence-corrected chi connectivity index (χ4v) is 3.87. The summed E-state index contributed by atoms with van der Waals surface area (Å²) in [6.07, 6.45) is 6.86. The van der Waals surface area contributed by atoms with Crippen LogP contribution < -0.4 is 9.47 Å². The molecule has 0 aromatic heterocycles. The Bertz CT molecular complexity index is 1030. The highest BCUT2D eigenvalue weighted by atomic mass is 19.1. The first kappa shape index (κ1) is 28.2. The van der Waals surface area contributed by atoms with Crippen molar-refractivity contribution in [3.63, 3.8) is 0 Å². The quantitative estimate of drug-likeness (QED) is 0.215. The third-order valence-electron chi connectivity index (χ3n) is 6.21. The number of rotatable bonds is 14. The van der Waals surface area contributed by atoms with Gasteiger partial charge in [-0.2, -0.15) is 0 Å². The smallest absolute Gasteiger partial charge is 0.200 e. The summed E-state index contributed by atoms with van der Waals surface area (Å²) in [5, 5.41) is 10.6. The average molecular weight is 513 g/mol. The number of halogens is 1. The van der Waals surface area contributed by atoms with Gasteiger partial charge in [0.2, 0.25) is 5.75 Å². The number of phenols is 1. The zero-order valence-electron chi connectivity index (χ0n) is 21.7. The number of ketones is 2. The Morgan fingerprint density at radius 3 is 2.03 bits per heavy atom. The maximum atomic E-state index is 13.1. The van der Waals surface area contributed by atoms with Gasteiger partial charge >= 0.3 is 0 Å². The number of unbranched alkanes of at least 4 members (excludes halogenated alkanes) is 2. The second-order valence-electron chi connectivity index (χ2n) is 9.15. The van der Waals surface area contributed by atoms with Crippen LogP contribution in [0.2, 0.25) is 0 Å². The minimum atomic E-state index is -0.362. The van der Waals surface area contributed by atoms with Gasteiger partial charge in [0, 0.05) is 49.6 Å². The van der Waals surface area contributed by atoms with Crippen molar-refractivity contribution >= 4 is 11.6 Å². The van der Waals surface area contributed by atoms with Gasteiger partial charge < -0.3 is 19.5 Å². The lowest BCUT2D eigenvalue weighted by Crippen LogP contribution is -2.45. The second kappa shape index (κ2) is 14.4. The highest BCUT2D eigenvalue weighted by molar-refractivity contribution is 6.05. The molecule has 1 saturated heterocycles. The van der Waals surface area contributed by atoms with Crippen molar-refractivity contribution in [2.75, 3.05) is 45.9 Å². The van der Waals surface area contributed by atoms with Crippen LogP contribution in [0.25, 0.3) is 0 Å². The Morgan fingerprint density at radius 2 is 1.49 bits per heavy atom. The monoisotopic (exact) mass is 512 g/mol. The van der Waals surface area contributed by atoms with Crippen LogP contribution in [0.3, 0.4) is 0 Å². The van der Waals surface area contributed by atoms with Crippen LogP contribution in [-0.4, -0.2) is 72.4 Å². The SMILES string of the molecule is CCCCOc1cc(C(=O)C=CN2CCN(CC(=O)c3ccc(F)cc3)CC2)cc(OCCCC)c1O. The summed E-state index contributed by atoms with van der Waals surface area (Å²) >= 11 is 0. The van der Waals surface area contributed by atoms with E-state index < -0.39 is 0 Å². The number of Topliss-reactive ketones (excluding diaryl/α,β-unsaturated/α-hetero) is 1. The number of allylic oxidation sites excluding steroid dienone is 1. The van der Waals surface area contributed by atoms with Crippen molar-refractivity contribution in [1.82, 2.24) is 9.80 Å². The molecule has 2 aromatic rings. The third kappa shape index (κ3) is 8.60. The molecular weight excluding hydrogens is 475 g/mol. The highest BCUT2D eigenvalue weighted by Gasteiger charge is 2.19. The van der Waals surface area contributed by atoms with Gasteiger partial charge in [0.05, 0.1) is 19.8 Å². The molecule has 0 aliphatic carbocycles. The van der Waals surface area contributed by atoms with E-state index in [-0.39, 0.29) is 41.2 Å². The van der Waals surface area contributed by atoms with Crippen molar-refractivity contribution in [3.05, 3.63) is 65.6 Å². The summed E-state index contributed by atoms with van der Waals surface area (Å²) < 4.78 is 24.5. The molecule has 1 fully saturated rings. The standard InChI is InChI=1S/C29H37FN2O5/c1-3-5-17-36-27-19-23(20-28(29(27)35)37-18-6-4-2)25(33)11-12-31-13-15-32(16-14-31)21-26(34)22-7-9-24(30)10-8-22/h7-12,19-20,35H,3-6,13-18,21H2,1-2H3. The van der Waals surface area contributed by atoms with E-state index in [9.17, 15) is 19.1 Å². The van der Waals surface area contributed by atoms with Crippen molar-refractivity contribution in [1.29, 1.82) is 0 Å². The number of hydrogen-bond acceptors (Lipinski definition) is 7. The summed E-state index contributed by atoms with van der Waals surface area (Å²) in [6, 6.07) is 8.72. The van der Waals surface area contributed by atoms with Crippen LogP contribution in [0.1, 0.15) is 60.2 Å². The number of benzene rings is 2. The first-order chi connectivity index (χ1) is 17.9. The van der Waals surface area contributed by atoms with Crippen molar-refractivity contribution < 1.29 is 28.6 Å². The normalized spacial score (nSPS) is 14.2. The molecule has 3 rings (SSSR count). The maximum Gasteiger partial charge on any atom is 0.200 e. The first-order valence-electron chi connectivity index (χ1n) is 13.0. The summed E-state index contributed by atoms with van der Waals surface area (Å²) in [4.78, 5) is 29.5. The molecule has 0 amide bonds. The number of piperazine rings is 1. The molecule has 0 unspecified atom stereocenters. The van der Waals surface area contributed by atoms with Gasteiger partial charge in [-0.05, 0) is 49.2 Å². The van der Waals surface area contributed by atoms with Crippen molar-refractivity contribution in [3.8, 4) is 17.2 Å². The van der Waals surface area contributed by atoms with Crippen LogP contribution in [0.15, 0.2) is 48.7 Å². The van der Waals surface area contributed by atoms with E-state index in [0.717, 1.165) is 25.7 Å². The Kier molecular flexibility index (Phi) is 11.0. The molecule has 1 aliphatic heterocycles. The number of hydrogen-bond donors (Lipinski definition) is 1. The minimum Gasteiger partial charge on any atom is -0.502 e. The van der Waals surface area contributed by atoms with Crippen LogP contribution in [-0.2, 0) is 0 Å². The molecule has 8 heteroatoms. The van der Waals surface area contributed by atoms with E-state index in [2.05, 4.69) is 18.7 Å². The lowest BCUT2D eigenvalue weighted by Gasteiger charge is -2.33. The number of nitrogens with zero attached hydrogens (tertiary/aromatic N) is 2. The zero-order valence-corrected chi connectivity index (χ0v) is 21.7. The molecule has 37 heavy (non-hydrogen) atoms. The van der Waals surface area contributed by atoms with Gasteiger partial charge in [-0.15, -0.1) is 0 Å². The zero-order chi connectivity index (χ0) is 26.6. The van der Waals surface area contributed by atoms with E-state index in [0.29, 0.717) is 50.5 Å². The summed E-state index contributed by atoms with van der Waals surface area (Å²) in [6.45, 7) is 7.97. The van der Waals surface area contributed by atoms with Crippen LogP contribution in [0.4, 0.5) is 4.39 Å². The Morgan fingerprint density at radius 1 is 0.919 bits per heavy atom. The molecular formula is C29H37FN2O5. The van der Waals surface area contributed by atoms with Crippen LogP contribution in [0, 0.1) is 5.82 Å². The van der Waals surface area contributed by atoms with Crippen LogP contribution in [0.5, 0.6) is 17.2 Å². The molecule has 0 radical (unpaired) electrons. The average Bonchev–Trinajstić information content (AvgIpc) is 2.90. The number of aromatic hydroxyl groups is 1. The Labute approximate surface area is 218 Å². The van der Waals surface area contributed by atoms with E-state index in [1.807, 2.05) is 4.90 Å². The molecule has 1 N–H and O–H groups in total. The van der Waals surface area contributed by atoms with Crippen molar-refractivity contribution in [2.45, 2.75) is 39.5 Å². The van der Waals surface area contributed by atoms with Crippen molar-refractivity contribution in [2.24, 2.45) is 0 Å². The van der Waals surface area contributed by atoms with Gasteiger partial charge in [0.25, 0.3) is 0 Å². The molecule has 200 valence electrons. The second-order valence-corrected chi connectivity index (χ2v) is 9.15. The fraction of sp³-hybridized carbons (Fsp3) is 0.448. The molecule has 0 saturated carbocycles. The maximum absolute atomic E-state index is 13.1. The Hall–Kier alpha value is -3.39. The van der Waals surface area contributed by atoms with E-state index >= 15 is 0 Å². The number of carbonyl (C=O) groups is 2. The number of ether oxygens (including phenoxy) is 2. The van der Waals surface area contributed by atoms with E-state index in [1.165, 1.54) is 30.3 Å². The van der Waals surface area contributed by atoms with Gasteiger partial charge in [-0.25, -0.2) is 4.39 Å². The topological polar surface area (TPSA) is 79.3 Å². The Balaban J connectivity index is 1.58. The predicted octanol–water partition coefficient (Wildman–Crippen LogP) is 5.09. The van der Waals surface area contributed by atoms with Gasteiger partial charge in [-0.3, -0.25) is 14.5 Å². The van der Waals surface area contributed by atoms with E-state index in [1.54, 1.807) is 18.3 Å². The molecule has 0 spiro atoms. The molecule has 1 aliphatic rings. The largest absolute Gasteiger partial charge is 0.502 e. The van der Waals surface area contributed by atoms with Gasteiger partial charge in [0.15, 0.2) is 23.1 Å². The predicted molar refractivity (Wildman–Crippen MR) is 141 cm³/mol. The number of carbonyl (C=O) groups excluding carboxylic acids is 2. The van der Waals surface area contributed by atoms with Crippen LogP contribution >= 0.6 is 0 Å². The molecule has 2 aromatic carbocycles. The highest BCUT2D eigenvalue weighted by Crippen LogP contribution is 2.38. The summed E-state index contributed by atoms with van der Waals surface area (Å²) in [5.41, 5.74) is 0.884. The third-order valence-corrected chi connectivity index (χ3v) is 6.21. The molecule has 1 heterocycles. The number of phenolic OH excluding ortho intramolecular Hbond substituents is 1. The molecule has 7 nitrogen and oxygen atoms in total.